The molecule has 0 saturated carbocycles. The van der Waals surface area contributed by atoms with Crippen LogP contribution in [0.2, 0.25) is 0 Å². The SMILES string of the molecule is CCOC(=O)c1nc(C)n2c1CN=C(c1ccccc1F)c1cc(C#N)ccc1-2. The van der Waals surface area contributed by atoms with Crippen LogP contribution in [0.1, 0.15) is 45.6 Å². The van der Waals surface area contributed by atoms with E-state index < -0.39 is 11.8 Å². The number of hydrogen-bond acceptors (Lipinski definition) is 5. The number of esters is 1. The highest BCUT2D eigenvalue weighted by Gasteiger charge is 2.28. The van der Waals surface area contributed by atoms with Crippen molar-refractivity contribution in [3.8, 4) is 11.8 Å². The smallest absolute Gasteiger partial charge is 0.358 e. The third-order valence-corrected chi connectivity index (χ3v) is 4.75. The lowest BCUT2D eigenvalue weighted by molar-refractivity contribution is 0.0518. The monoisotopic (exact) mass is 388 g/mol. The van der Waals surface area contributed by atoms with Crippen LogP contribution in [0.25, 0.3) is 5.69 Å². The van der Waals surface area contributed by atoms with Crippen molar-refractivity contribution in [3.63, 3.8) is 0 Å². The molecule has 0 unspecified atom stereocenters. The number of hydrogen-bond donors (Lipinski definition) is 0. The molecule has 0 aliphatic carbocycles. The summed E-state index contributed by atoms with van der Waals surface area (Å²) in [5, 5.41) is 9.36. The number of fused-ring (bicyclic) bond motifs is 3. The molecule has 144 valence electrons. The van der Waals surface area contributed by atoms with E-state index in [0.717, 1.165) is 0 Å². The first-order valence-electron chi connectivity index (χ1n) is 9.14. The van der Waals surface area contributed by atoms with Crippen molar-refractivity contribution in [1.29, 1.82) is 5.26 Å². The Morgan fingerprint density at radius 1 is 1.28 bits per heavy atom. The summed E-state index contributed by atoms with van der Waals surface area (Å²) >= 11 is 0. The summed E-state index contributed by atoms with van der Waals surface area (Å²) in [6.07, 6.45) is 0. The highest BCUT2D eigenvalue weighted by atomic mass is 19.1. The van der Waals surface area contributed by atoms with Gasteiger partial charge in [-0.05, 0) is 44.2 Å². The Morgan fingerprint density at radius 2 is 2.07 bits per heavy atom. The van der Waals surface area contributed by atoms with Crippen molar-refractivity contribution in [3.05, 3.63) is 82.2 Å². The molecule has 3 aromatic rings. The zero-order valence-corrected chi connectivity index (χ0v) is 15.9. The predicted molar refractivity (Wildman–Crippen MR) is 105 cm³/mol. The van der Waals surface area contributed by atoms with Crippen LogP contribution in [-0.2, 0) is 11.3 Å². The molecule has 0 bridgehead atoms. The quantitative estimate of drug-likeness (QED) is 0.641. The van der Waals surface area contributed by atoms with E-state index in [2.05, 4.69) is 16.0 Å². The number of carbonyl (C=O) groups excluding carboxylic acids is 1. The Hall–Kier alpha value is -3.79. The zero-order chi connectivity index (χ0) is 20.5. The van der Waals surface area contributed by atoms with E-state index in [4.69, 9.17) is 4.74 Å². The number of benzene rings is 2. The van der Waals surface area contributed by atoms with Crippen LogP contribution in [0.5, 0.6) is 0 Å². The molecule has 0 fully saturated rings. The number of nitrogens with zero attached hydrogens (tertiary/aromatic N) is 4. The molecule has 2 aromatic carbocycles. The molecule has 6 nitrogen and oxygen atoms in total. The van der Waals surface area contributed by atoms with Gasteiger partial charge in [-0.3, -0.25) is 9.56 Å². The van der Waals surface area contributed by atoms with Crippen LogP contribution in [-0.4, -0.2) is 27.8 Å². The van der Waals surface area contributed by atoms with Gasteiger partial charge in [-0.2, -0.15) is 5.26 Å². The summed E-state index contributed by atoms with van der Waals surface area (Å²) < 4.78 is 21.5. The highest BCUT2D eigenvalue weighted by molar-refractivity contribution is 6.15. The minimum absolute atomic E-state index is 0.120. The number of carbonyl (C=O) groups is 1. The normalized spacial score (nSPS) is 12.3. The van der Waals surface area contributed by atoms with E-state index in [1.807, 2.05) is 4.57 Å². The lowest BCUT2D eigenvalue weighted by Crippen LogP contribution is -2.10. The number of aryl methyl sites for hydroxylation is 1. The summed E-state index contributed by atoms with van der Waals surface area (Å²) in [6.45, 7) is 3.86. The number of aliphatic imine (C=N–C) groups is 1. The van der Waals surface area contributed by atoms with Crippen LogP contribution in [0.15, 0.2) is 47.5 Å². The minimum Gasteiger partial charge on any atom is -0.461 e. The molecule has 0 N–H and O–H groups in total. The van der Waals surface area contributed by atoms with Gasteiger partial charge in [0, 0.05) is 11.1 Å². The Morgan fingerprint density at radius 3 is 2.79 bits per heavy atom. The van der Waals surface area contributed by atoms with E-state index in [0.29, 0.717) is 39.6 Å². The standard InChI is InChI=1S/C22H17FN4O2/c1-3-29-22(28)21-19-12-25-20(15-6-4-5-7-17(15)23)16-10-14(11-24)8-9-18(16)27(19)13(2)26-21/h4-10H,3,12H2,1-2H3. The number of nitriles is 1. The van der Waals surface area contributed by atoms with E-state index >= 15 is 0 Å². The van der Waals surface area contributed by atoms with Gasteiger partial charge in [-0.1, -0.05) is 12.1 Å². The van der Waals surface area contributed by atoms with Crippen LogP contribution in [0, 0.1) is 24.1 Å². The number of imidazole rings is 1. The van der Waals surface area contributed by atoms with Crippen molar-refractivity contribution >= 4 is 11.7 Å². The van der Waals surface area contributed by atoms with E-state index in [1.165, 1.54) is 6.07 Å². The van der Waals surface area contributed by atoms with Crippen molar-refractivity contribution in [2.24, 2.45) is 4.99 Å². The number of ether oxygens (including phenoxy) is 1. The largest absolute Gasteiger partial charge is 0.461 e. The van der Waals surface area contributed by atoms with Gasteiger partial charge in [0.15, 0.2) is 5.69 Å². The third-order valence-electron chi connectivity index (χ3n) is 4.75. The average Bonchev–Trinajstić information content (AvgIpc) is 2.95. The molecule has 29 heavy (non-hydrogen) atoms. The molecule has 4 rings (SSSR count). The number of halogens is 1. The van der Waals surface area contributed by atoms with Gasteiger partial charge >= 0.3 is 5.97 Å². The predicted octanol–water partition coefficient (Wildman–Crippen LogP) is 3.72. The van der Waals surface area contributed by atoms with Gasteiger partial charge in [0.25, 0.3) is 0 Å². The maximum absolute atomic E-state index is 14.6. The van der Waals surface area contributed by atoms with Gasteiger partial charge in [-0.25, -0.2) is 14.2 Å². The van der Waals surface area contributed by atoms with Crippen LogP contribution in [0.3, 0.4) is 0 Å². The molecule has 7 heteroatoms. The second kappa shape index (κ2) is 7.32. The topological polar surface area (TPSA) is 80.3 Å². The molecule has 1 aliphatic heterocycles. The molecule has 0 spiro atoms. The lowest BCUT2D eigenvalue weighted by Gasteiger charge is -2.14. The molecular formula is C22H17FN4O2. The summed E-state index contributed by atoms with van der Waals surface area (Å²) in [6, 6.07) is 13.6. The second-order valence-electron chi connectivity index (χ2n) is 6.50. The number of rotatable bonds is 3. The Bertz CT molecular complexity index is 1200. The minimum atomic E-state index is -0.524. The molecule has 0 saturated heterocycles. The first kappa shape index (κ1) is 18.6. The van der Waals surface area contributed by atoms with E-state index in [-0.39, 0.29) is 18.8 Å². The van der Waals surface area contributed by atoms with Crippen LogP contribution < -0.4 is 0 Å². The van der Waals surface area contributed by atoms with Gasteiger partial charge < -0.3 is 4.74 Å². The number of aromatic nitrogens is 2. The molecular weight excluding hydrogens is 371 g/mol. The van der Waals surface area contributed by atoms with Gasteiger partial charge in [-0.15, -0.1) is 0 Å². The van der Waals surface area contributed by atoms with Gasteiger partial charge in [0.1, 0.15) is 11.6 Å². The molecule has 1 aliphatic rings. The maximum Gasteiger partial charge on any atom is 0.358 e. The first-order valence-corrected chi connectivity index (χ1v) is 9.14. The zero-order valence-electron chi connectivity index (χ0n) is 15.9. The fourth-order valence-corrected chi connectivity index (χ4v) is 3.52. The average molecular weight is 388 g/mol. The van der Waals surface area contributed by atoms with Gasteiger partial charge in [0.2, 0.25) is 0 Å². The van der Waals surface area contributed by atoms with E-state index in [1.54, 1.807) is 50.2 Å². The molecule has 0 amide bonds. The Kier molecular flexibility index (Phi) is 4.69. The summed E-state index contributed by atoms with van der Waals surface area (Å²) in [5.74, 6) is -0.352. The molecule has 0 radical (unpaired) electrons. The highest BCUT2D eigenvalue weighted by Crippen LogP contribution is 2.30. The van der Waals surface area contributed by atoms with Crippen molar-refractivity contribution in [2.75, 3.05) is 6.61 Å². The second-order valence-corrected chi connectivity index (χ2v) is 6.50. The van der Waals surface area contributed by atoms with Crippen molar-refractivity contribution in [2.45, 2.75) is 20.4 Å². The Balaban J connectivity index is 2.00. The maximum atomic E-state index is 14.6. The summed E-state index contributed by atoms with van der Waals surface area (Å²) in [4.78, 5) is 21.4. The van der Waals surface area contributed by atoms with Gasteiger partial charge in [0.05, 0.1) is 41.9 Å². The molecule has 1 aromatic heterocycles. The molecule has 2 heterocycles. The lowest BCUT2D eigenvalue weighted by atomic mass is 9.98. The third kappa shape index (κ3) is 3.09. The van der Waals surface area contributed by atoms with Crippen molar-refractivity contribution < 1.29 is 13.9 Å². The Labute approximate surface area is 166 Å². The fourth-order valence-electron chi connectivity index (χ4n) is 3.52. The summed E-state index contributed by atoms with van der Waals surface area (Å²) in [7, 11) is 0. The van der Waals surface area contributed by atoms with Crippen molar-refractivity contribution in [1.82, 2.24) is 9.55 Å². The fraction of sp³-hybridized carbons (Fsp3) is 0.182. The van der Waals surface area contributed by atoms with E-state index in [9.17, 15) is 14.4 Å². The summed E-state index contributed by atoms with van der Waals surface area (Å²) in [5.41, 5.74) is 3.23. The first-order chi connectivity index (χ1) is 14.0. The van der Waals surface area contributed by atoms with Crippen LogP contribution >= 0.6 is 0 Å². The van der Waals surface area contributed by atoms with Crippen LogP contribution in [0.4, 0.5) is 4.39 Å². The molecule has 0 atom stereocenters.